The zero-order chi connectivity index (χ0) is 16.6. The van der Waals surface area contributed by atoms with Crippen molar-refractivity contribution >= 4 is 12.2 Å². The van der Waals surface area contributed by atoms with Crippen LogP contribution in [-0.4, -0.2) is 28.6 Å². The molecule has 6 nitrogen and oxygen atoms in total. The van der Waals surface area contributed by atoms with Gasteiger partial charge in [0.25, 0.3) is 0 Å². The van der Waals surface area contributed by atoms with E-state index in [1.165, 1.54) is 51.4 Å². The van der Waals surface area contributed by atoms with Crippen LogP contribution in [-0.2, 0) is 0 Å². The number of nitrogens with one attached hydrogen (secondary N) is 2. The van der Waals surface area contributed by atoms with Crippen LogP contribution in [0.5, 0.6) is 0 Å². The molecule has 0 radical (unpaired) electrons. The smallest absolute Gasteiger partial charge is 0.406 e. The van der Waals surface area contributed by atoms with Crippen LogP contribution in [0.4, 0.5) is 9.59 Å². The van der Waals surface area contributed by atoms with E-state index in [2.05, 4.69) is 17.6 Å². The maximum Gasteiger partial charge on any atom is 0.406 e. The molecule has 0 aliphatic rings. The predicted molar refractivity (Wildman–Crippen MR) is 87.2 cm³/mol. The fraction of sp³-hybridized carbons (Fsp3) is 0.875. The molecule has 0 aliphatic carbocycles. The van der Waals surface area contributed by atoms with Gasteiger partial charge in [0, 0.05) is 0 Å². The van der Waals surface area contributed by atoms with Gasteiger partial charge < -0.3 is 20.8 Å². The first-order chi connectivity index (χ1) is 10.6. The van der Waals surface area contributed by atoms with E-state index >= 15 is 0 Å². The van der Waals surface area contributed by atoms with E-state index in [0.717, 1.165) is 19.3 Å². The first kappa shape index (κ1) is 20.5. The quantitative estimate of drug-likeness (QED) is 0.279. The van der Waals surface area contributed by atoms with Crippen LogP contribution in [0.2, 0.25) is 0 Å². The summed E-state index contributed by atoms with van der Waals surface area (Å²) in [7, 11) is 0. The van der Waals surface area contributed by atoms with Crippen LogP contribution in [0.25, 0.3) is 0 Å². The Balaban J connectivity index is 3.45. The number of rotatable bonds is 14. The Labute approximate surface area is 133 Å². The first-order valence-corrected chi connectivity index (χ1v) is 8.55. The zero-order valence-electron chi connectivity index (χ0n) is 13.8. The number of carbonyl (C=O) groups is 2. The van der Waals surface area contributed by atoms with Crippen LogP contribution in [0.3, 0.4) is 0 Å². The van der Waals surface area contributed by atoms with Gasteiger partial charge in [0.1, 0.15) is 6.17 Å². The Morgan fingerprint density at radius 2 is 1.09 bits per heavy atom. The van der Waals surface area contributed by atoms with Crippen molar-refractivity contribution in [3.05, 3.63) is 0 Å². The molecule has 0 fully saturated rings. The van der Waals surface area contributed by atoms with Gasteiger partial charge in [-0.25, -0.2) is 9.59 Å². The molecule has 0 saturated heterocycles. The molecular formula is C16H32N2O4. The lowest BCUT2D eigenvalue weighted by molar-refractivity contribution is 0.174. The Morgan fingerprint density at radius 3 is 1.45 bits per heavy atom. The summed E-state index contributed by atoms with van der Waals surface area (Å²) in [4.78, 5) is 21.1. The van der Waals surface area contributed by atoms with Crippen molar-refractivity contribution < 1.29 is 19.8 Å². The van der Waals surface area contributed by atoms with Crippen molar-refractivity contribution in [3.8, 4) is 0 Å². The maximum atomic E-state index is 10.5. The second kappa shape index (κ2) is 14.5. The molecule has 130 valence electrons. The molecule has 0 spiro atoms. The molecule has 0 aromatic rings. The number of unbranched alkanes of at least 4 members (excludes halogenated alkanes) is 10. The van der Waals surface area contributed by atoms with Gasteiger partial charge in [0.05, 0.1) is 0 Å². The molecule has 6 heteroatoms. The van der Waals surface area contributed by atoms with E-state index in [0.29, 0.717) is 6.42 Å². The molecule has 0 aliphatic heterocycles. The normalized spacial score (nSPS) is 10.6. The van der Waals surface area contributed by atoms with Crippen molar-refractivity contribution in [1.82, 2.24) is 10.6 Å². The summed E-state index contributed by atoms with van der Waals surface area (Å²) in [6.45, 7) is 2.22. The van der Waals surface area contributed by atoms with E-state index in [9.17, 15) is 9.59 Å². The fourth-order valence-electron chi connectivity index (χ4n) is 2.49. The minimum Gasteiger partial charge on any atom is -0.465 e. The maximum absolute atomic E-state index is 10.5. The van der Waals surface area contributed by atoms with Gasteiger partial charge in [-0.1, -0.05) is 71.1 Å². The number of carboxylic acid groups (broad SMARTS) is 2. The second-order valence-electron chi connectivity index (χ2n) is 5.78. The summed E-state index contributed by atoms with van der Waals surface area (Å²) in [5.74, 6) is 0. The number of hydrogen-bond acceptors (Lipinski definition) is 2. The number of hydrogen-bond donors (Lipinski definition) is 4. The molecule has 0 bridgehead atoms. The first-order valence-electron chi connectivity index (χ1n) is 8.55. The minimum absolute atomic E-state index is 0.496. The Hall–Kier alpha value is -1.46. The zero-order valence-corrected chi connectivity index (χ0v) is 13.8. The molecular weight excluding hydrogens is 284 g/mol. The predicted octanol–water partition coefficient (Wildman–Crippen LogP) is 4.55. The Morgan fingerprint density at radius 1 is 0.727 bits per heavy atom. The van der Waals surface area contributed by atoms with Crippen LogP contribution in [0.15, 0.2) is 0 Å². The van der Waals surface area contributed by atoms with E-state index in [1.807, 2.05) is 0 Å². The summed E-state index contributed by atoms with van der Waals surface area (Å²) in [5.41, 5.74) is 0. The second-order valence-corrected chi connectivity index (χ2v) is 5.78. The molecule has 2 amide bonds. The Kier molecular flexibility index (Phi) is 13.5. The lowest BCUT2D eigenvalue weighted by atomic mass is 10.0. The van der Waals surface area contributed by atoms with Gasteiger partial charge in [-0.2, -0.15) is 0 Å². The molecule has 0 saturated carbocycles. The number of amides is 2. The van der Waals surface area contributed by atoms with Gasteiger partial charge in [0.15, 0.2) is 0 Å². The Bertz CT molecular complexity index is 282. The summed E-state index contributed by atoms with van der Waals surface area (Å²) in [6.07, 6.45) is 10.7. The lowest BCUT2D eigenvalue weighted by Gasteiger charge is -2.16. The largest absolute Gasteiger partial charge is 0.465 e. The molecule has 0 aromatic heterocycles. The third-order valence-corrected chi connectivity index (χ3v) is 3.69. The monoisotopic (exact) mass is 316 g/mol. The van der Waals surface area contributed by atoms with Gasteiger partial charge in [-0.3, -0.25) is 0 Å². The topological polar surface area (TPSA) is 98.7 Å². The van der Waals surface area contributed by atoms with Gasteiger partial charge in [-0.15, -0.1) is 0 Å². The van der Waals surface area contributed by atoms with Gasteiger partial charge in [0.2, 0.25) is 0 Å². The van der Waals surface area contributed by atoms with Crippen molar-refractivity contribution in [1.29, 1.82) is 0 Å². The molecule has 4 N–H and O–H groups in total. The highest BCUT2D eigenvalue weighted by molar-refractivity contribution is 5.68. The van der Waals surface area contributed by atoms with Crippen LogP contribution in [0, 0.1) is 0 Å². The molecule has 22 heavy (non-hydrogen) atoms. The van der Waals surface area contributed by atoms with Crippen molar-refractivity contribution in [2.45, 2.75) is 90.1 Å². The summed E-state index contributed by atoms with van der Waals surface area (Å²) >= 11 is 0. The van der Waals surface area contributed by atoms with E-state index in [1.54, 1.807) is 0 Å². The molecule has 0 aromatic carbocycles. The minimum atomic E-state index is -1.21. The highest BCUT2D eigenvalue weighted by Crippen LogP contribution is 2.12. The average Bonchev–Trinajstić information content (AvgIpc) is 2.43. The van der Waals surface area contributed by atoms with Crippen molar-refractivity contribution in [2.75, 3.05) is 0 Å². The van der Waals surface area contributed by atoms with E-state index in [-0.39, 0.29) is 0 Å². The van der Waals surface area contributed by atoms with Gasteiger partial charge >= 0.3 is 12.2 Å². The summed E-state index contributed by atoms with van der Waals surface area (Å²) in [5, 5.41) is 21.6. The van der Waals surface area contributed by atoms with Crippen LogP contribution in [0.1, 0.15) is 84.0 Å². The van der Waals surface area contributed by atoms with Crippen molar-refractivity contribution in [3.63, 3.8) is 0 Å². The average molecular weight is 316 g/mol. The summed E-state index contributed by atoms with van der Waals surface area (Å²) in [6, 6.07) is 0. The molecule has 0 atom stereocenters. The van der Waals surface area contributed by atoms with Gasteiger partial charge in [-0.05, 0) is 12.8 Å². The SMILES string of the molecule is CCCCCCCCCCCCCC(NC(=O)O)NC(=O)O. The lowest BCUT2D eigenvalue weighted by Crippen LogP contribution is -2.46. The third kappa shape index (κ3) is 14.9. The molecule has 0 unspecified atom stereocenters. The van der Waals surface area contributed by atoms with Crippen LogP contribution >= 0.6 is 0 Å². The highest BCUT2D eigenvalue weighted by atomic mass is 16.4. The molecule has 0 rings (SSSR count). The van der Waals surface area contributed by atoms with E-state index in [4.69, 9.17) is 10.2 Å². The highest BCUT2D eigenvalue weighted by Gasteiger charge is 2.12. The summed E-state index contributed by atoms with van der Waals surface area (Å²) < 4.78 is 0. The third-order valence-electron chi connectivity index (χ3n) is 3.69. The van der Waals surface area contributed by atoms with Crippen molar-refractivity contribution in [2.24, 2.45) is 0 Å². The van der Waals surface area contributed by atoms with E-state index < -0.39 is 18.4 Å². The fourth-order valence-corrected chi connectivity index (χ4v) is 2.49. The standard InChI is InChI=1S/C16H32N2O4/c1-2-3-4-5-6-7-8-9-10-11-12-13-14(17-15(19)20)18-16(21)22/h14,17-18H,2-13H2,1H3,(H,19,20)(H,21,22). The molecule has 0 heterocycles. The van der Waals surface area contributed by atoms with Crippen LogP contribution < -0.4 is 10.6 Å².